The standard InChI is InChI=1S/C13H21N3O2S/c1-15(2)12-6-7-16(10-12)19(17,18)13-5-3-4-11(8-13)9-14/h3-5,8,12H,6-7,9-10,14H2,1-2H3. The van der Waals surface area contributed by atoms with E-state index < -0.39 is 10.0 Å². The second kappa shape index (κ2) is 5.58. The second-order valence-electron chi connectivity index (χ2n) is 5.12. The fraction of sp³-hybridized carbons (Fsp3) is 0.538. The van der Waals surface area contributed by atoms with Crippen LogP contribution in [0.15, 0.2) is 29.2 Å². The first-order chi connectivity index (χ1) is 8.95. The fourth-order valence-corrected chi connectivity index (χ4v) is 3.90. The fourth-order valence-electron chi connectivity index (χ4n) is 2.33. The molecule has 0 radical (unpaired) electrons. The van der Waals surface area contributed by atoms with Crippen molar-refractivity contribution in [3.63, 3.8) is 0 Å². The van der Waals surface area contributed by atoms with Crippen molar-refractivity contribution in [2.75, 3.05) is 27.2 Å². The number of nitrogens with two attached hydrogens (primary N) is 1. The van der Waals surface area contributed by atoms with Crippen molar-refractivity contribution in [2.45, 2.75) is 23.9 Å². The van der Waals surface area contributed by atoms with Crippen LogP contribution >= 0.6 is 0 Å². The Bertz CT molecular complexity index is 543. The largest absolute Gasteiger partial charge is 0.326 e. The summed E-state index contributed by atoms with van der Waals surface area (Å²) in [6.07, 6.45) is 0.878. The highest BCUT2D eigenvalue weighted by atomic mass is 32.2. The first kappa shape index (κ1) is 14.5. The molecule has 1 fully saturated rings. The number of sulfonamides is 1. The van der Waals surface area contributed by atoms with Gasteiger partial charge in [0.1, 0.15) is 0 Å². The van der Waals surface area contributed by atoms with E-state index in [2.05, 4.69) is 4.90 Å². The molecule has 1 aromatic carbocycles. The Balaban J connectivity index is 2.23. The van der Waals surface area contributed by atoms with Crippen LogP contribution in [0.5, 0.6) is 0 Å². The van der Waals surface area contributed by atoms with Crippen molar-refractivity contribution >= 4 is 10.0 Å². The summed E-state index contributed by atoms with van der Waals surface area (Å²) in [5, 5.41) is 0. The van der Waals surface area contributed by atoms with E-state index in [1.807, 2.05) is 20.2 Å². The van der Waals surface area contributed by atoms with Gasteiger partial charge in [-0.05, 0) is 38.2 Å². The highest BCUT2D eigenvalue weighted by Gasteiger charge is 2.33. The van der Waals surface area contributed by atoms with Crippen LogP contribution in [0.1, 0.15) is 12.0 Å². The zero-order valence-corrected chi connectivity index (χ0v) is 12.2. The summed E-state index contributed by atoms with van der Waals surface area (Å²) in [4.78, 5) is 2.42. The monoisotopic (exact) mass is 283 g/mol. The van der Waals surface area contributed by atoms with E-state index >= 15 is 0 Å². The number of likely N-dealkylation sites (N-methyl/N-ethyl adjacent to an activating group) is 1. The lowest BCUT2D eigenvalue weighted by Gasteiger charge is -2.20. The average molecular weight is 283 g/mol. The van der Waals surface area contributed by atoms with Gasteiger partial charge < -0.3 is 10.6 Å². The molecule has 1 unspecified atom stereocenters. The molecular weight excluding hydrogens is 262 g/mol. The quantitative estimate of drug-likeness (QED) is 0.872. The van der Waals surface area contributed by atoms with Gasteiger partial charge in [0, 0.05) is 25.7 Å². The van der Waals surface area contributed by atoms with Crippen LogP contribution in [0.2, 0.25) is 0 Å². The molecule has 1 saturated heterocycles. The highest BCUT2D eigenvalue weighted by molar-refractivity contribution is 7.89. The summed E-state index contributed by atoms with van der Waals surface area (Å²) in [5.41, 5.74) is 6.40. The molecule has 0 spiro atoms. The zero-order chi connectivity index (χ0) is 14.0. The molecule has 0 aliphatic carbocycles. The van der Waals surface area contributed by atoms with Crippen molar-refractivity contribution in [3.8, 4) is 0 Å². The third kappa shape index (κ3) is 2.97. The number of hydrogen-bond donors (Lipinski definition) is 1. The maximum Gasteiger partial charge on any atom is 0.243 e. The minimum Gasteiger partial charge on any atom is -0.326 e. The van der Waals surface area contributed by atoms with Crippen LogP contribution in [0.4, 0.5) is 0 Å². The van der Waals surface area contributed by atoms with Gasteiger partial charge in [0.05, 0.1) is 4.90 Å². The molecule has 0 amide bonds. The van der Waals surface area contributed by atoms with Gasteiger partial charge in [-0.25, -0.2) is 8.42 Å². The molecule has 5 nitrogen and oxygen atoms in total. The van der Waals surface area contributed by atoms with Crippen LogP contribution in [0, 0.1) is 0 Å². The third-order valence-electron chi connectivity index (χ3n) is 3.63. The predicted octanol–water partition coefficient (Wildman–Crippen LogP) is 0.470. The summed E-state index contributed by atoms with van der Waals surface area (Å²) >= 11 is 0. The van der Waals surface area contributed by atoms with E-state index in [0.29, 0.717) is 30.6 Å². The molecule has 19 heavy (non-hydrogen) atoms. The smallest absolute Gasteiger partial charge is 0.243 e. The molecule has 6 heteroatoms. The summed E-state index contributed by atoms with van der Waals surface area (Å²) in [5.74, 6) is 0. The third-order valence-corrected chi connectivity index (χ3v) is 5.49. The normalized spacial score (nSPS) is 21.2. The van der Waals surface area contributed by atoms with Gasteiger partial charge in [0.25, 0.3) is 0 Å². The van der Waals surface area contributed by atoms with Crippen LogP contribution in [0.3, 0.4) is 0 Å². The Morgan fingerprint density at radius 1 is 1.42 bits per heavy atom. The van der Waals surface area contributed by atoms with Crippen molar-refractivity contribution in [1.29, 1.82) is 0 Å². The number of rotatable bonds is 4. The molecule has 1 aliphatic rings. The van der Waals surface area contributed by atoms with E-state index in [1.54, 1.807) is 22.5 Å². The minimum absolute atomic E-state index is 0.299. The van der Waals surface area contributed by atoms with Crippen molar-refractivity contribution in [2.24, 2.45) is 5.73 Å². The van der Waals surface area contributed by atoms with Crippen LogP contribution in [0.25, 0.3) is 0 Å². The molecule has 0 aromatic heterocycles. The number of benzene rings is 1. The summed E-state index contributed by atoms with van der Waals surface area (Å²) in [7, 11) is 0.577. The zero-order valence-electron chi connectivity index (χ0n) is 11.4. The Hall–Kier alpha value is -0.950. The van der Waals surface area contributed by atoms with Crippen molar-refractivity contribution < 1.29 is 8.42 Å². The molecular formula is C13H21N3O2S. The van der Waals surface area contributed by atoms with Crippen molar-refractivity contribution in [3.05, 3.63) is 29.8 Å². The maximum absolute atomic E-state index is 12.5. The van der Waals surface area contributed by atoms with Crippen LogP contribution < -0.4 is 5.73 Å². The first-order valence-corrected chi connectivity index (χ1v) is 7.84. The van der Waals surface area contributed by atoms with Gasteiger partial charge in [-0.2, -0.15) is 4.31 Å². The summed E-state index contributed by atoms with van der Waals surface area (Å²) in [6.45, 7) is 1.49. The topological polar surface area (TPSA) is 66.6 Å². The SMILES string of the molecule is CN(C)C1CCN(S(=O)(=O)c2cccc(CN)c2)C1. The van der Waals surface area contributed by atoms with E-state index in [0.717, 1.165) is 12.0 Å². The lowest BCUT2D eigenvalue weighted by molar-refractivity contribution is 0.302. The van der Waals surface area contributed by atoms with Crippen LogP contribution in [-0.4, -0.2) is 50.8 Å². The molecule has 1 heterocycles. The highest BCUT2D eigenvalue weighted by Crippen LogP contribution is 2.23. The van der Waals surface area contributed by atoms with Gasteiger partial charge in [-0.3, -0.25) is 0 Å². The Kier molecular flexibility index (Phi) is 4.25. The second-order valence-corrected chi connectivity index (χ2v) is 7.06. The molecule has 106 valence electrons. The van der Waals surface area contributed by atoms with E-state index in [1.165, 1.54) is 0 Å². The molecule has 0 saturated carbocycles. The lowest BCUT2D eigenvalue weighted by atomic mass is 10.2. The molecule has 1 aliphatic heterocycles. The van der Waals surface area contributed by atoms with Gasteiger partial charge in [0.2, 0.25) is 10.0 Å². The molecule has 2 N–H and O–H groups in total. The van der Waals surface area contributed by atoms with Gasteiger partial charge in [0.15, 0.2) is 0 Å². The van der Waals surface area contributed by atoms with E-state index in [-0.39, 0.29) is 0 Å². The maximum atomic E-state index is 12.5. The molecule has 0 bridgehead atoms. The molecule has 1 aromatic rings. The van der Waals surface area contributed by atoms with E-state index in [9.17, 15) is 8.42 Å². The van der Waals surface area contributed by atoms with Gasteiger partial charge in [-0.1, -0.05) is 12.1 Å². The van der Waals surface area contributed by atoms with Gasteiger partial charge >= 0.3 is 0 Å². The van der Waals surface area contributed by atoms with E-state index in [4.69, 9.17) is 5.73 Å². The van der Waals surface area contributed by atoms with Crippen LogP contribution in [-0.2, 0) is 16.6 Å². The number of hydrogen-bond acceptors (Lipinski definition) is 4. The summed E-state index contributed by atoms with van der Waals surface area (Å²) in [6, 6.07) is 7.18. The summed E-state index contributed by atoms with van der Waals surface area (Å²) < 4.78 is 26.6. The average Bonchev–Trinajstić information content (AvgIpc) is 2.89. The molecule has 2 rings (SSSR count). The first-order valence-electron chi connectivity index (χ1n) is 6.40. The Labute approximate surface area is 115 Å². The Morgan fingerprint density at radius 2 is 2.16 bits per heavy atom. The minimum atomic E-state index is -3.39. The van der Waals surface area contributed by atoms with Gasteiger partial charge in [-0.15, -0.1) is 0 Å². The van der Waals surface area contributed by atoms with Crippen molar-refractivity contribution in [1.82, 2.24) is 9.21 Å². The number of nitrogens with zero attached hydrogens (tertiary/aromatic N) is 2. The predicted molar refractivity (Wildman–Crippen MR) is 75.2 cm³/mol. The molecule has 1 atom stereocenters. The Morgan fingerprint density at radius 3 is 2.74 bits per heavy atom. The lowest BCUT2D eigenvalue weighted by Crippen LogP contribution is -2.34.